The van der Waals surface area contributed by atoms with E-state index in [4.69, 9.17) is 0 Å². The van der Waals surface area contributed by atoms with Crippen molar-refractivity contribution in [3.05, 3.63) is 12.4 Å². The first-order valence-corrected chi connectivity index (χ1v) is 7.71. The predicted molar refractivity (Wildman–Crippen MR) is 68.7 cm³/mol. The molecule has 0 spiro atoms. The van der Waals surface area contributed by atoms with E-state index < -0.39 is 10.0 Å². The lowest BCUT2D eigenvalue weighted by Crippen LogP contribution is -2.46. The molecule has 1 aromatic rings. The Labute approximate surface area is 108 Å². The third-order valence-corrected chi connectivity index (χ3v) is 5.18. The van der Waals surface area contributed by atoms with Crippen LogP contribution in [0.2, 0.25) is 0 Å². The van der Waals surface area contributed by atoms with Crippen LogP contribution in [-0.2, 0) is 16.6 Å². The fraction of sp³-hybridized carbons (Fsp3) is 0.727. The molecule has 1 atom stereocenters. The van der Waals surface area contributed by atoms with Crippen molar-refractivity contribution in [2.24, 2.45) is 0 Å². The summed E-state index contributed by atoms with van der Waals surface area (Å²) in [6.07, 6.45) is 4.95. The number of rotatable bonds is 4. The minimum Gasteiger partial charge on any atom is -0.316 e. The fourth-order valence-corrected chi connectivity index (χ4v) is 3.68. The molecular weight excluding hydrogens is 252 g/mol. The molecule has 1 saturated heterocycles. The second-order valence-electron chi connectivity index (χ2n) is 4.52. The van der Waals surface area contributed by atoms with Gasteiger partial charge in [-0.2, -0.15) is 9.40 Å². The third kappa shape index (κ3) is 2.57. The minimum atomic E-state index is -3.38. The topological polar surface area (TPSA) is 67.2 Å². The maximum absolute atomic E-state index is 12.4. The van der Waals surface area contributed by atoms with Gasteiger partial charge in [0.05, 0.1) is 6.20 Å². The molecule has 2 rings (SSSR count). The highest BCUT2D eigenvalue weighted by atomic mass is 32.2. The molecular formula is C11H20N4O2S. The summed E-state index contributed by atoms with van der Waals surface area (Å²) < 4.78 is 28.0. The lowest BCUT2D eigenvalue weighted by molar-refractivity contribution is 0.293. The number of likely N-dealkylation sites (N-methyl/N-ethyl adjacent to an activating group) is 1. The van der Waals surface area contributed by atoms with Crippen LogP contribution in [0.15, 0.2) is 17.3 Å². The average molecular weight is 272 g/mol. The van der Waals surface area contributed by atoms with Gasteiger partial charge < -0.3 is 5.32 Å². The van der Waals surface area contributed by atoms with E-state index in [0.717, 1.165) is 12.8 Å². The molecule has 0 aromatic carbocycles. The monoisotopic (exact) mass is 272 g/mol. The zero-order chi connectivity index (χ0) is 13.2. The van der Waals surface area contributed by atoms with Crippen molar-refractivity contribution in [2.75, 3.05) is 20.1 Å². The highest BCUT2D eigenvalue weighted by Gasteiger charge is 2.30. The molecule has 0 saturated carbocycles. The Morgan fingerprint density at radius 1 is 1.56 bits per heavy atom. The Morgan fingerprint density at radius 3 is 2.94 bits per heavy atom. The summed E-state index contributed by atoms with van der Waals surface area (Å²) in [5.74, 6) is 0. The number of hydrogen-bond donors (Lipinski definition) is 1. The number of hydrogen-bond acceptors (Lipinski definition) is 4. The zero-order valence-corrected chi connectivity index (χ0v) is 11.7. The first kappa shape index (κ1) is 13.5. The van der Waals surface area contributed by atoms with Crippen LogP contribution >= 0.6 is 0 Å². The summed E-state index contributed by atoms with van der Waals surface area (Å²) in [6.45, 7) is 3.74. The van der Waals surface area contributed by atoms with Gasteiger partial charge in [0, 0.05) is 31.9 Å². The third-order valence-electron chi connectivity index (χ3n) is 3.36. The van der Waals surface area contributed by atoms with Crippen LogP contribution < -0.4 is 5.32 Å². The van der Waals surface area contributed by atoms with Gasteiger partial charge in [-0.1, -0.05) is 0 Å². The molecule has 1 unspecified atom stereocenters. The Kier molecular flexibility index (Phi) is 4.04. The molecule has 0 amide bonds. The van der Waals surface area contributed by atoms with E-state index in [9.17, 15) is 8.42 Å². The standard InChI is InChI=1S/C11H20N4O2S/c1-3-14-9-11(7-13-14)18(16,17)15-6-4-5-10(8-15)12-2/h7,9-10,12H,3-6,8H2,1-2H3. The van der Waals surface area contributed by atoms with Gasteiger partial charge in [0.2, 0.25) is 10.0 Å². The van der Waals surface area contributed by atoms with Crippen LogP contribution in [-0.4, -0.2) is 48.7 Å². The second-order valence-corrected chi connectivity index (χ2v) is 6.46. The molecule has 18 heavy (non-hydrogen) atoms. The number of aromatic nitrogens is 2. The van der Waals surface area contributed by atoms with E-state index in [1.54, 1.807) is 15.2 Å². The highest BCUT2D eigenvalue weighted by molar-refractivity contribution is 7.89. The summed E-state index contributed by atoms with van der Waals surface area (Å²) in [6, 6.07) is 0.245. The maximum atomic E-state index is 12.4. The zero-order valence-electron chi connectivity index (χ0n) is 10.8. The van der Waals surface area contributed by atoms with Gasteiger partial charge in [0.25, 0.3) is 0 Å². The lowest BCUT2D eigenvalue weighted by atomic mass is 10.1. The molecule has 102 valence electrons. The van der Waals surface area contributed by atoms with Crippen LogP contribution in [0.5, 0.6) is 0 Å². The molecule has 1 N–H and O–H groups in total. The first-order chi connectivity index (χ1) is 8.57. The van der Waals surface area contributed by atoms with Crippen molar-refractivity contribution in [1.29, 1.82) is 0 Å². The summed E-state index contributed by atoms with van der Waals surface area (Å²) >= 11 is 0. The molecule has 0 radical (unpaired) electrons. The van der Waals surface area contributed by atoms with Gasteiger partial charge in [-0.15, -0.1) is 0 Å². The van der Waals surface area contributed by atoms with Crippen molar-refractivity contribution in [1.82, 2.24) is 19.4 Å². The number of piperidine rings is 1. The summed E-state index contributed by atoms with van der Waals surface area (Å²) in [5, 5.41) is 7.18. The molecule has 0 bridgehead atoms. The second kappa shape index (κ2) is 5.38. The SMILES string of the molecule is CCn1cc(S(=O)(=O)N2CCCC(NC)C2)cn1. The van der Waals surface area contributed by atoms with Crippen LogP contribution in [0.25, 0.3) is 0 Å². The number of nitrogens with one attached hydrogen (secondary N) is 1. The molecule has 1 aromatic heterocycles. The van der Waals surface area contributed by atoms with Crippen LogP contribution in [0, 0.1) is 0 Å². The van der Waals surface area contributed by atoms with Gasteiger partial charge in [-0.05, 0) is 26.8 Å². The Hall–Kier alpha value is -0.920. The molecule has 0 aliphatic carbocycles. The number of nitrogens with zero attached hydrogens (tertiary/aromatic N) is 3. The molecule has 1 fully saturated rings. The van der Waals surface area contributed by atoms with Gasteiger partial charge in [-0.3, -0.25) is 4.68 Å². The number of aryl methyl sites for hydroxylation is 1. The van der Waals surface area contributed by atoms with Crippen molar-refractivity contribution in [3.8, 4) is 0 Å². The minimum absolute atomic E-state index is 0.245. The van der Waals surface area contributed by atoms with Crippen molar-refractivity contribution >= 4 is 10.0 Å². The number of sulfonamides is 1. The molecule has 1 aliphatic rings. The van der Waals surface area contributed by atoms with Crippen LogP contribution in [0.4, 0.5) is 0 Å². The Bertz CT molecular complexity index is 497. The van der Waals surface area contributed by atoms with Gasteiger partial charge in [0.15, 0.2) is 0 Å². The summed E-state index contributed by atoms with van der Waals surface area (Å²) in [5.41, 5.74) is 0. The average Bonchev–Trinajstić information content (AvgIpc) is 2.88. The predicted octanol–water partition coefficient (Wildman–Crippen LogP) is 0.275. The lowest BCUT2D eigenvalue weighted by Gasteiger charge is -2.31. The normalized spacial score (nSPS) is 22.2. The van der Waals surface area contributed by atoms with Crippen LogP contribution in [0.1, 0.15) is 19.8 Å². The molecule has 7 heteroatoms. The van der Waals surface area contributed by atoms with Crippen molar-refractivity contribution in [2.45, 2.75) is 37.2 Å². The van der Waals surface area contributed by atoms with Gasteiger partial charge >= 0.3 is 0 Å². The first-order valence-electron chi connectivity index (χ1n) is 6.27. The van der Waals surface area contributed by atoms with Crippen molar-refractivity contribution < 1.29 is 8.42 Å². The highest BCUT2D eigenvalue weighted by Crippen LogP contribution is 2.20. The van der Waals surface area contributed by atoms with Gasteiger partial charge in [0.1, 0.15) is 4.90 Å². The van der Waals surface area contributed by atoms with Crippen molar-refractivity contribution in [3.63, 3.8) is 0 Å². The van der Waals surface area contributed by atoms with Crippen LogP contribution in [0.3, 0.4) is 0 Å². The Balaban J connectivity index is 2.19. The molecule has 6 nitrogen and oxygen atoms in total. The molecule has 2 heterocycles. The fourth-order valence-electron chi connectivity index (χ4n) is 2.20. The van der Waals surface area contributed by atoms with E-state index >= 15 is 0 Å². The summed E-state index contributed by atoms with van der Waals surface area (Å²) in [7, 11) is -1.51. The van der Waals surface area contributed by atoms with E-state index in [-0.39, 0.29) is 6.04 Å². The van der Waals surface area contributed by atoms with E-state index in [2.05, 4.69) is 10.4 Å². The summed E-state index contributed by atoms with van der Waals surface area (Å²) in [4.78, 5) is 0.293. The van der Waals surface area contributed by atoms with E-state index in [1.165, 1.54) is 6.20 Å². The Morgan fingerprint density at radius 2 is 2.33 bits per heavy atom. The largest absolute Gasteiger partial charge is 0.316 e. The molecule has 1 aliphatic heterocycles. The maximum Gasteiger partial charge on any atom is 0.246 e. The van der Waals surface area contributed by atoms with Gasteiger partial charge in [-0.25, -0.2) is 8.42 Å². The van der Waals surface area contributed by atoms with E-state index in [1.807, 2.05) is 14.0 Å². The smallest absolute Gasteiger partial charge is 0.246 e. The quantitative estimate of drug-likeness (QED) is 0.854. The van der Waals surface area contributed by atoms with E-state index in [0.29, 0.717) is 24.5 Å².